The smallest absolute Gasteiger partial charge is 0.219 e. The Labute approximate surface area is 125 Å². The number of hydrogen-bond donors (Lipinski definition) is 1. The lowest BCUT2D eigenvalue weighted by molar-refractivity contribution is 0.106. The zero-order valence-electron chi connectivity index (χ0n) is 13.8. The molecule has 1 saturated carbocycles. The number of rotatable bonds is 5. The van der Waals surface area contributed by atoms with Crippen molar-refractivity contribution in [3.8, 4) is 0 Å². The van der Waals surface area contributed by atoms with Crippen LogP contribution < -0.4 is 5.73 Å². The molecule has 0 spiro atoms. The summed E-state index contributed by atoms with van der Waals surface area (Å²) in [5.74, 6) is 0.543. The molecule has 1 rings (SSSR count). The second-order valence-corrected chi connectivity index (χ2v) is 9.94. The quantitative estimate of drug-likeness (QED) is 0.849. The molecule has 0 heterocycles. The summed E-state index contributed by atoms with van der Waals surface area (Å²) in [7, 11) is -3.34. The van der Waals surface area contributed by atoms with Gasteiger partial charge in [0.1, 0.15) is 0 Å². The molecular formula is C15H32N2O2S. The lowest BCUT2D eigenvalue weighted by Crippen LogP contribution is -2.61. The van der Waals surface area contributed by atoms with Gasteiger partial charge < -0.3 is 5.73 Å². The molecule has 0 aliphatic heterocycles. The van der Waals surface area contributed by atoms with Gasteiger partial charge in [0.25, 0.3) is 0 Å². The van der Waals surface area contributed by atoms with Crippen LogP contribution in [0.2, 0.25) is 0 Å². The highest BCUT2D eigenvalue weighted by Gasteiger charge is 2.48. The molecule has 1 fully saturated rings. The third kappa shape index (κ3) is 3.37. The third-order valence-corrected chi connectivity index (χ3v) is 7.17. The van der Waals surface area contributed by atoms with E-state index in [0.29, 0.717) is 19.0 Å². The van der Waals surface area contributed by atoms with Gasteiger partial charge in [-0.25, -0.2) is 8.42 Å². The Hall–Kier alpha value is -0.130. The Balaban J connectivity index is 3.23. The Morgan fingerprint density at radius 2 is 1.95 bits per heavy atom. The molecule has 120 valence electrons. The van der Waals surface area contributed by atoms with E-state index >= 15 is 0 Å². The summed E-state index contributed by atoms with van der Waals surface area (Å²) in [5, 5.41) is 0. The minimum Gasteiger partial charge on any atom is -0.329 e. The van der Waals surface area contributed by atoms with Crippen molar-refractivity contribution in [3.63, 3.8) is 0 Å². The third-order valence-electron chi connectivity index (χ3n) is 4.47. The van der Waals surface area contributed by atoms with E-state index in [-0.39, 0.29) is 5.54 Å². The fourth-order valence-corrected chi connectivity index (χ4v) is 5.13. The van der Waals surface area contributed by atoms with Gasteiger partial charge in [0, 0.05) is 18.6 Å². The van der Waals surface area contributed by atoms with Gasteiger partial charge in [-0.15, -0.1) is 0 Å². The molecule has 20 heavy (non-hydrogen) atoms. The molecule has 0 radical (unpaired) electrons. The second-order valence-electron chi connectivity index (χ2n) is 7.32. The molecule has 0 amide bonds. The topological polar surface area (TPSA) is 63.4 Å². The van der Waals surface area contributed by atoms with Crippen LogP contribution in [-0.2, 0) is 10.0 Å². The van der Waals surface area contributed by atoms with Crippen molar-refractivity contribution >= 4 is 10.0 Å². The van der Waals surface area contributed by atoms with E-state index in [1.54, 1.807) is 25.1 Å². The molecular weight excluding hydrogens is 272 g/mol. The van der Waals surface area contributed by atoms with Crippen molar-refractivity contribution in [1.29, 1.82) is 0 Å². The number of sulfonamides is 1. The summed E-state index contributed by atoms with van der Waals surface area (Å²) in [6, 6.07) is 0. The zero-order valence-corrected chi connectivity index (χ0v) is 14.6. The number of nitrogens with two attached hydrogens (primary N) is 1. The van der Waals surface area contributed by atoms with E-state index in [4.69, 9.17) is 5.73 Å². The van der Waals surface area contributed by atoms with Gasteiger partial charge in [-0.1, -0.05) is 26.7 Å². The highest BCUT2D eigenvalue weighted by Crippen LogP contribution is 2.40. The van der Waals surface area contributed by atoms with E-state index in [2.05, 4.69) is 6.92 Å². The van der Waals surface area contributed by atoms with Gasteiger partial charge in [-0.3, -0.25) is 0 Å². The molecule has 0 bridgehead atoms. The van der Waals surface area contributed by atoms with Crippen LogP contribution in [0.1, 0.15) is 66.7 Å². The first-order valence-electron chi connectivity index (χ1n) is 7.83. The maximum atomic E-state index is 13.0. The van der Waals surface area contributed by atoms with Gasteiger partial charge >= 0.3 is 0 Å². The normalized spacial score (nSPS) is 28.9. The Morgan fingerprint density at radius 3 is 2.35 bits per heavy atom. The summed E-state index contributed by atoms with van der Waals surface area (Å²) in [4.78, 5) is 0. The molecule has 5 heteroatoms. The summed E-state index contributed by atoms with van der Waals surface area (Å²) in [6.45, 7) is 10.6. The largest absolute Gasteiger partial charge is 0.329 e. The van der Waals surface area contributed by atoms with Crippen LogP contribution in [0.4, 0.5) is 0 Å². The summed E-state index contributed by atoms with van der Waals surface area (Å²) >= 11 is 0. The highest BCUT2D eigenvalue weighted by atomic mass is 32.2. The van der Waals surface area contributed by atoms with Crippen LogP contribution in [0.5, 0.6) is 0 Å². The van der Waals surface area contributed by atoms with Crippen LogP contribution in [0.25, 0.3) is 0 Å². The average Bonchev–Trinajstić information content (AvgIpc) is 2.34. The van der Waals surface area contributed by atoms with Crippen LogP contribution in [0, 0.1) is 5.92 Å². The van der Waals surface area contributed by atoms with Gasteiger partial charge in [-0.2, -0.15) is 4.31 Å². The SMILES string of the molecule is CCCN(C1(CN)CCCC(C)C1)S(=O)(=O)C(C)(C)C. The van der Waals surface area contributed by atoms with Gasteiger partial charge in [0.05, 0.1) is 4.75 Å². The van der Waals surface area contributed by atoms with Crippen LogP contribution in [0.3, 0.4) is 0 Å². The summed E-state index contributed by atoms with van der Waals surface area (Å²) in [6.07, 6.45) is 4.85. The van der Waals surface area contributed by atoms with E-state index in [1.165, 1.54) is 6.42 Å². The molecule has 0 aromatic carbocycles. The maximum Gasteiger partial charge on any atom is 0.219 e. The van der Waals surface area contributed by atoms with Gasteiger partial charge in [0.15, 0.2) is 0 Å². The minimum absolute atomic E-state index is 0.375. The van der Waals surface area contributed by atoms with Gasteiger partial charge in [0.2, 0.25) is 10.0 Å². The first kappa shape index (κ1) is 17.9. The number of nitrogens with zero attached hydrogens (tertiary/aromatic N) is 1. The average molecular weight is 305 g/mol. The number of hydrogen-bond acceptors (Lipinski definition) is 3. The first-order chi connectivity index (χ1) is 9.10. The molecule has 0 aromatic heterocycles. The maximum absolute atomic E-state index is 13.0. The monoisotopic (exact) mass is 304 g/mol. The Morgan fingerprint density at radius 1 is 1.35 bits per heavy atom. The molecule has 2 atom stereocenters. The van der Waals surface area contributed by atoms with Crippen molar-refractivity contribution in [3.05, 3.63) is 0 Å². The van der Waals surface area contributed by atoms with Crippen LogP contribution in [-0.4, -0.2) is 36.1 Å². The van der Waals surface area contributed by atoms with Crippen LogP contribution >= 0.6 is 0 Å². The first-order valence-corrected chi connectivity index (χ1v) is 9.27. The van der Waals surface area contributed by atoms with Crippen molar-refractivity contribution in [2.75, 3.05) is 13.1 Å². The van der Waals surface area contributed by atoms with Crippen molar-refractivity contribution in [2.45, 2.75) is 77.0 Å². The fourth-order valence-electron chi connectivity index (χ4n) is 3.29. The molecule has 0 aromatic rings. The van der Waals surface area contributed by atoms with Crippen molar-refractivity contribution in [2.24, 2.45) is 11.7 Å². The minimum atomic E-state index is -3.34. The summed E-state index contributed by atoms with van der Waals surface area (Å²) in [5.41, 5.74) is 5.69. The predicted octanol–water partition coefficient (Wildman–Crippen LogP) is 2.73. The molecule has 2 unspecified atom stereocenters. The predicted molar refractivity (Wildman–Crippen MR) is 85.1 cm³/mol. The zero-order chi connectivity index (χ0) is 15.6. The van der Waals surface area contributed by atoms with Crippen molar-refractivity contribution in [1.82, 2.24) is 4.31 Å². The molecule has 1 aliphatic rings. The molecule has 2 N–H and O–H groups in total. The van der Waals surface area contributed by atoms with E-state index in [0.717, 1.165) is 25.7 Å². The fraction of sp³-hybridized carbons (Fsp3) is 1.00. The van der Waals surface area contributed by atoms with Crippen LogP contribution in [0.15, 0.2) is 0 Å². The molecule has 1 aliphatic carbocycles. The Bertz CT molecular complexity index is 414. The Kier molecular flexibility index (Phi) is 5.67. The second kappa shape index (κ2) is 6.32. The summed E-state index contributed by atoms with van der Waals surface area (Å²) < 4.78 is 26.9. The highest BCUT2D eigenvalue weighted by molar-refractivity contribution is 7.90. The van der Waals surface area contributed by atoms with E-state index in [1.807, 2.05) is 6.92 Å². The molecule has 0 saturated heterocycles. The lowest BCUT2D eigenvalue weighted by atomic mass is 9.76. The van der Waals surface area contributed by atoms with Gasteiger partial charge in [-0.05, 0) is 46.0 Å². The lowest BCUT2D eigenvalue weighted by Gasteiger charge is -2.48. The van der Waals surface area contributed by atoms with Crippen molar-refractivity contribution < 1.29 is 8.42 Å². The van der Waals surface area contributed by atoms with E-state index in [9.17, 15) is 8.42 Å². The van der Waals surface area contributed by atoms with E-state index < -0.39 is 14.8 Å². The molecule has 4 nitrogen and oxygen atoms in total. The standard InChI is InChI=1S/C15H32N2O2S/c1-6-10-17(20(18,19)14(3,4)5)15(12-16)9-7-8-13(2)11-15/h13H,6-12,16H2,1-5H3.